The summed E-state index contributed by atoms with van der Waals surface area (Å²) < 4.78 is 27.4. The van der Waals surface area contributed by atoms with Crippen LogP contribution < -0.4 is 14.2 Å². The highest BCUT2D eigenvalue weighted by Gasteiger charge is 2.26. The molecule has 3 aromatic carbocycles. The van der Waals surface area contributed by atoms with Crippen molar-refractivity contribution < 1.29 is 38.1 Å². The molecule has 1 fully saturated rings. The van der Waals surface area contributed by atoms with Gasteiger partial charge in [0.1, 0.15) is 23.4 Å². The van der Waals surface area contributed by atoms with Crippen LogP contribution in [0, 0.1) is 0 Å². The van der Waals surface area contributed by atoms with Crippen molar-refractivity contribution in [1.82, 2.24) is 0 Å². The van der Waals surface area contributed by atoms with Gasteiger partial charge in [-0.3, -0.25) is 0 Å². The highest BCUT2D eigenvalue weighted by molar-refractivity contribution is 5.91. The molecule has 1 aliphatic rings. The lowest BCUT2D eigenvalue weighted by molar-refractivity contribution is -0.139. The van der Waals surface area contributed by atoms with E-state index in [1.54, 1.807) is 36.4 Å². The number of hydrogen-bond acceptors (Lipinski definition) is 8. The summed E-state index contributed by atoms with van der Waals surface area (Å²) in [6.07, 6.45) is 7.95. The van der Waals surface area contributed by atoms with E-state index in [0.29, 0.717) is 48.9 Å². The standard InChI is InChI=1S/C37H40O8/c1-3-35(38)43-25-8-5-4-7-23-41-31-17-11-28(12-18-31)29-13-21-33(22-14-29)44-37(40)30-15-19-32(20-16-30)42-24-9-6-10-34-26-27(2)36(39)45-34/h3,11-22,34H,1-2,4-10,23-26H2. The third kappa shape index (κ3) is 11.0. The summed E-state index contributed by atoms with van der Waals surface area (Å²) >= 11 is 0. The summed E-state index contributed by atoms with van der Waals surface area (Å²) in [5.74, 6) is 0.824. The number of unbranched alkanes of at least 4 members (excludes halogenated alkanes) is 4. The van der Waals surface area contributed by atoms with Gasteiger partial charge >= 0.3 is 17.9 Å². The van der Waals surface area contributed by atoms with Crippen LogP contribution in [0.1, 0.15) is 61.7 Å². The number of hydrogen-bond donors (Lipinski definition) is 0. The van der Waals surface area contributed by atoms with E-state index in [2.05, 4.69) is 13.2 Å². The van der Waals surface area contributed by atoms with Gasteiger partial charge in [0.15, 0.2) is 0 Å². The normalized spacial score (nSPS) is 14.0. The molecule has 8 heteroatoms. The van der Waals surface area contributed by atoms with E-state index in [1.165, 1.54) is 6.08 Å². The fourth-order valence-corrected chi connectivity index (χ4v) is 4.75. The zero-order valence-electron chi connectivity index (χ0n) is 25.5. The van der Waals surface area contributed by atoms with Crippen LogP contribution in [0.5, 0.6) is 17.2 Å². The molecule has 0 saturated carbocycles. The molecule has 0 bridgehead atoms. The van der Waals surface area contributed by atoms with E-state index in [4.69, 9.17) is 23.7 Å². The molecule has 3 aromatic rings. The van der Waals surface area contributed by atoms with Gasteiger partial charge < -0.3 is 23.7 Å². The van der Waals surface area contributed by atoms with Gasteiger partial charge in [0.05, 0.1) is 25.4 Å². The highest BCUT2D eigenvalue weighted by Crippen LogP contribution is 2.26. The molecule has 0 radical (unpaired) electrons. The zero-order valence-corrected chi connectivity index (χ0v) is 25.5. The summed E-state index contributed by atoms with van der Waals surface area (Å²) in [4.78, 5) is 35.1. The molecule has 45 heavy (non-hydrogen) atoms. The van der Waals surface area contributed by atoms with Crippen molar-refractivity contribution in [2.75, 3.05) is 19.8 Å². The molecule has 0 N–H and O–H groups in total. The number of carbonyl (C=O) groups is 3. The molecular weight excluding hydrogens is 572 g/mol. The molecule has 1 aliphatic heterocycles. The van der Waals surface area contributed by atoms with E-state index < -0.39 is 5.97 Å². The second-order valence-corrected chi connectivity index (χ2v) is 10.8. The zero-order chi connectivity index (χ0) is 31.9. The minimum absolute atomic E-state index is 0.0688. The quantitative estimate of drug-likeness (QED) is 0.0625. The molecule has 1 unspecified atom stereocenters. The molecule has 1 heterocycles. The largest absolute Gasteiger partial charge is 0.494 e. The average Bonchev–Trinajstić information content (AvgIpc) is 3.39. The predicted molar refractivity (Wildman–Crippen MR) is 171 cm³/mol. The van der Waals surface area contributed by atoms with E-state index in [0.717, 1.165) is 61.8 Å². The van der Waals surface area contributed by atoms with Crippen LogP contribution in [0.4, 0.5) is 0 Å². The van der Waals surface area contributed by atoms with Crippen LogP contribution in [-0.2, 0) is 19.1 Å². The first kappa shape index (κ1) is 33.1. The first-order chi connectivity index (χ1) is 21.9. The maximum Gasteiger partial charge on any atom is 0.343 e. The predicted octanol–water partition coefficient (Wildman–Crippen LogP) is 7.66. The fourth-order valence-electron chi connectivity index (χ4n) is 4.75. The topological polar surface area (TPSA) is 97.4 Å². The molecule has 0 spiro atoms. The second-order valence-electron chi connectivity index (χ2n) is 10.8. The van der Waals surface area contributed by atoms with Gasteiger partial charge in [-0.1, -0.05) is 37.4 Å². The second kappa shape index (κ2) is 17.4. The van der Waals surface area contributed by atoms with Gasteiger partial charge in [0.25, 0.3) is 0 Å². The Kier molecular flexibility index (Phi) is 12.8. The molecule has 0 aromatic heterocycles. The maximum absolute atomic E-state index is 12.7. The summed E-state index contributed by atoms with van der Waals surface area (Å²) in [5, 5.41) is 0. The molecule has 1 atom stereocenters. The third-order valence-electron chi connectivity index (χ3n) is 7.29. The van der Waals surface area contributed by atoms with Crippen molar-refractivity contribution in [2.45, 2.75) is 57.5 Å². The number of carbonyl (C=O) groups excluding carboxylic acids is 3. The SMILES string of the molecule is C=CC(=O)OCCCCCCOc1ccc(-c2ccc(OC(=O)c3ccc(OCCCCC4CC(=C)C(=O)O4)cc3)cc2)cc1. The minimum atomic E-state index is -0.445. The Labute approximate surface area is 264 Å². The summed E-state index contributed by atoms with van der Waals surface area (Å²) in [5.41, 5.74) is 3.00. The van der Waals surface area contributed by atoms with E-state index in [-0.39, 0.29) is 18.0 Å². The van der Waals surface area contributed by atoms with Gasteiger partial charge in [0, 0.05) is 18.1 Å². The van der Waals surface area contributed by atoms with Crippen LogP contribution in [0.2, 0.25) is 0 Å². The van der Waals surface area contributed by atoms with Gasteiger partial charge in [-0.2, -0.15) is 0 Å². The van der Waals surface area contributed by atoms with Crippen LogP contribution in [0.25, 0.3) is 11.1 Å². The maximum atomic E-state index is 12.7. The number of rotatable bonds is 18. The van der Waals surface area contributed by atoms with E-state index in [1.807, 2.05) is 36.4 Å². The Morgan fingerprint density at radius 3 is 1.82 bits per heavy atom. The molecular formula is C37H40O8. The molecule has 1 saturated heterocycles. The first-order valence-electron chi connectivity index (χ1n) is 15.4. The van der Waals surface area contributed by atoms with Crippen LogP contribution in [0.15, 0.2) is 97.6 Å². The lowest BCUT2D eigenvalue weighted by Crippen LogP contribution is -2.08. The molecule has 0 amide bonds. The Morgan fingerprint density at radius 2 is 1.27 bits per heavy atom. The number of esters is 3. The van der Waals surface area contributed by atoms with Crippen LogP contribution in [0.3, 0.4) is 0 Å². The summed E-state index contributed by atoms with van der Waals surface area (Å²) in [6, 6.07) is 22.1. The molecule has 4 rings (SSSR count). The Bertz CT molecular complexity index is 1410. The Morgan fingerprint density at radius 1 is 0.733 bits per heavy atom. The van der Waals surface area contributed by atoms with Gasteiger partial charge in [-0.15, -0.1) is 0 Å². The van der Waals surface area contributed by atoms with Crippen molar-refractivity contribution in [3.8, 4) is 28.4 Å². The van der Waals surface area contributed by atoms with E-state index in [9.17, 15) is 14.4 Å². The molecule has 0 aliphatic carbocycles. The van der Waals surface area contributed by atoms with Crippen molar-refractivity contribution in [2.24, 2.45) is 0 Å². The summed E-state index contributed by atoms with van der Waals surface area (Å²) in [6.45, 7) is 8.66. The monoisotopic (exact) mass is 612 g/mol. The first-order valence-corrected chi connectivity index (χ1v) is 15.4. The lowest BCUT2D eigenvalue weighted by Gasteiger charge is -2.10. The number of ether oxygens (including phenoxy) is 5. The van der Waals surface area contributed by atoms with Crippen LogP contribution in [-0.4, -0.2) is 43.8 Å². The van der Waals surface area contributed by atoms with Gasteiger partial charge in [-0.25, -0.2) is 14.4 Å². The fraction of sp³-hybridized carbons (Fsp3) is 0.324. The third-order valence-corrected chi connectivity index (χ3v) is 7.29. The van der Waals surface area contributed by atoms with Crippen LogP contribution >= 0.6 is 0 Å². The highest BCUT2D eigenvalue weighted by atomic mass is 16.6. The number of cyclic esters (lactones) is 1. The molecule has 8 nitrogen and oxygen atoms in total. The van der Waals surface area contributed by atoms with Gasteiger partial charge in [-0.05, 0) is 105 Å². The minimum Gasteiger partial charge on any atom is -0.494 e. The van der Waals surface area contributed by atoms with Crippen molar-refractivity contribution in [1.29, 1.82) is 0 Å². The Hall–Kier alpha value is -4.85. The molecule has 236 valence electrons. The van der Waals surface area contributed by atoms with Gasteiger partial charge in [0.2, 0.25) is 0 Å². The van der Waals surface area contributed by atoms with Crippen molar-refractivity contribution in [3.05, 3.63) is 103 Å². The van der Waals surface area contributed by atoms with Crippen molar-refractivity contribution in [3.63, 3.8) is 0 Å². The smallest absolute Gasteiger partial charge is 0.343 e. The lowest BCUT2D eigenvalue weighted by atomic mass is 10.1. The Balaban J connectivity index is 1.12. The summed E-state index contributed by atoms with van der Waals surface area (Å²) in [7, 11) is 0. The van der Waals surface area contributed by atoms with Crippen molar-refractivity contribution >= 4 is 17.9 Å². The van der Waals surface area contributed by atoms with E-state index >= 15 is 0 Å². The average molecular weight is 613 g/mol. The number of benzene rings is 3.